The van der Waals surface area contributed by atoms with Crippen LogP contribution in [-0.4, -0.2) is 45.8 Å². The molecule has 2 heterocycles. The molecule has 7 heteroatoms. The molecule has 0 spiro atoms. The van der Waals surface area contributed by atoms with Crippen molar-refractivity contribution in [2.75, 3.05) is 18.4 Å². The summed E-state index contributed by atoms with van der Waals surface area (Å²) in [5.41, 5.74) is 0.743. The van der Waals surface area contributed by atoms with E-state index in [0.29, 0.717) is 13.0 Å². The average Bonchev–Trinajstić information content (AvgIpc) is 2.41. The number of amides is 2. The van der Waals surface area contributed by atoms with Crippen LogP contribution in [0.5, 0.6) is 0 Å². The molecule has 1 atom stereocenters. The molecule has 0 bridgehead atoms. The summed E-state index contributed by atoms with van der Waals surface area (Å²) in [6.07, 6.45) is 3.98. The zero-order valence-corrected chi connectivity index (χ0v) is 11.7. The Bertz CT molecular complexity index is 488. The Morgan fingerprint density at radius 2 is 2.15 bits per heavy atom. The summed E-state index contributed by atoms with van der Waals surface area (Å²) in [5.74, 6) is 0.216. The van der Waals surface area contributed by atoms with Gasteiger partial charge < -0.3 is 5.32 Å². The predicted octanol–water partition coefficient (Wildman–Crippen LogP) is 0.145. The van der Waals surface area contributed by atoms with E-state index < -0.39 is 0 Å². The molecule has 1 aromatic rings. The largest absolute Gasteiger partial charge is 0.369 e. The van der Waals surface area contributed by atoms with Crippen molar-refractivity contribution >= 4 is 17.6 Å². The van der Waals surface area contributed by atoms with E-state index in [2.05, 4.69) is 20.6 Å². The molecule has 2 N–H and O–H groups in total. The van der Waals surface area contributed by atoms with Crippen molar-refractivity contribution in [3.8, 4) is 0 Å². The average molecular weight is 277 g/mol. The maximum atomic E-state index is 11.8. The van der Waals surface area contributed by atoms with Crippen LogP contribution in [0.3, 0.4) is 0 Å². The van der Waals surface area contributed by atoms with Gasteiger partial charge >= 0.3 is 0 Å². The minimum absolute atomic E-state index is 0.209. The van der Waals surface area contributed by atoms with E-state index in [4.69, 9.17) is 0 Å². The predicted molar refractivity (Wildman–Crippen MR) is 73.8 cm³/mol. The monoisotopic (exact) mass is 277 g/mol. The number of nitrogens with one attached hydrogen (secondary N) is 2. The van der Waals surface area contributed by atoms with Crippen molar-refractivity contribution in [1.82, 2.24) is 20.2 Å². The van der Waals surface area contributed by atoms with Gasteiger partial charge in [0, 0.05) is 13.1 Å². The first-order chi connectivity index (χ1) is 9.63. The van der Waals surface area contributed by atoms with E-state index in [1.165, 1.54) is 0 Å². The van der Waals surface area contributed by atoms with Gasteiger partial charge in [0.15, 0.2) is 0 Å². The lowest BCUT2D eigenvalue weighted by molar-refractivity contribution is -0.140. The molecule has 2 rings (SSSR count). The first-order valence-corrected chi connectivity index (χ1v) is 6.76. The Morgan fingerprint density at radius 3 is 2.75 bits per heavy atom. The zero-order valence-electron chi connectivity index (χ0n) is 11.7. The van der Waals surface area contributed by atoms with Gasteiger partial charge in [-0.05, 0) is 13.3 Å². The maximum Gasteiger partial charge on any atom is 0.243 e. The summed E-state index contributed by atoms with van der Waals surface area (Å²) in [6, 6.07) is -0.289. The molecule has 0 aliphatic carbocycles. The van der Waals surface area contributed by atoms with Gasteiger partial charge in [0.05, 0.1) is 30.7 Å². The highest BCUT2D eigenvalue weighted by Crippen LogP contribution is 2.13. The SMILES string of the molecule is CCNc1cnc(CN2CC(=O)NC(=O)C2CC)cn1. The number of aromatic nitrogens is 2. The van der Waals surface area contributed by atoms with Crippen molar-refractivity contribution in [2.24, 2.45) is 0 Å². The lowest BCUT2D eigenvalue weighted by Crippen LogP contribution is -2.57. The molecule has 1 saturated heterocycles. The van der Waals surface area contributed by atoms with Gasteiger partial charge in [0.2, 0.25) is 11.8 Å². The number of imide groups is 1. The lowest BCUT2D eigenvalue weighted by Gasteiger charge is -2.32. The molecule has 2 amide bonds. The quantitative estimate of drug-likeness (QED) is 0.745. The summed E-state index contributed by atoms with van der Waals surface area (Å²) < 4.78 is 0. The minimum Gasteiger partial charge on any atom is -0.369 e. The molecule has 1 aromatic heterocycles. The van der Waals surface area contributed by atoms with Gasteiger partial charge in [-0.3, -0.25) is 24.8 Å². The van der Waals surface area contributed by atoms with Gasteiger partial charge in [-0.25, -0.2) is 4.98 Å². The summed E-state index contributed by atoms with van der Waals surface area (Å²) in [7, 11) is 0. The highest BCUT2D eigenvalue weighted by atomic mass is 16.2. The van der Waals surface area contributed by atoms with Crippen LogP contribution in [-0.2, 0) is 16.1 Å². The van der Waals surface area contributed by atoms with Crippen LogP contribution >= 0.6 is 0 Å². The number of hydrogen-bond acceptors (Lipinski definition) is 6. The van der Waals surface area contributed by atoms with E-state index in [1.807, 2.05) is 18.7 Å². The minimum atomic E-state index is -0.289. The standard InChI is InChI=1S/C13H19N5O2/c1-3-10-13(20)17-12(19)8-18(10)7-9-5-16-11(6-15-9)14-4-2/h5-6,10H,3-4,7-8H2,1-2H3,(H,14,16)(H,17,19,20). The fourth-order valence-corrected chi connectivity index (χ4v) is 2.25. The van der Waals surface area contributed by atoms with Crippen molar-refractivity contribution in [2.45, 2.75) is 32.9 Å². The number of carbonyl (C=O) groups excluding carboxylic acids is 2. The fraction of sp³-hybridized carbons (Fsp3) is 0.538. The summed E-state index contributed by atoms with van der Waals surface area (Å²) in [4.78, 5) is 33.6. The molecule has 108 valence electrons. The Hall–Kier alpha value is -2.02. The maximum absolute atomic E-state index is 11.8. The Labute approximate surface area is 117 Å². The summed E-state index contributed by atoms with van der Waals surface area (Å²) in [5, 5.41) is 5.42. The number of carbonyl (C=O) groups is 2. The molecule has 0 saturated carbocycles. The summed E-state index contributed by atoms with van der Waals surface area (Å²) in [6.45, 7) is 5.34. The van der Waals surface area contributed by atoms with Crippen molar-refractivity contribution in [3.05, 3.63) is 18.1 Å². The van der Waals surface area contributed by atoms with Gasteiger partial charge in [0.1, 0.15) is 5.82 Å². The van der Waals surface area contributed by atoms with Crippen LogP contribution in [0.2, 0.25) is 0 Å². The number of rotatable bonds is 5. The smallest absolute Gasteiger partial charge is 0.243 e. The van der Waals surface area contributed by atoms with E-state index in [-0.39, 0.29) is 24.4 Å². The van der Waals surface area contributed by atoms with Gasteiger partial charge in [-0.1, -0.05) is 6.92 Å². The first kappa shape index (κ1) is 14.4. The molecule has 1 fully saturated rings. The molecule has 0 radical (unpaired) electrons. The van der Waals surface area contributed by atoms with Crippen molar-refractivity contribution in [1.29, 1.82) is 0 Å². The third-order valence-corrected chi connectivity index (χ3v) is 3.17. The van der Waals surface area contributed by atoms with Gasteiger partial charge in [-0.2, -0.15) is 0 Å². The Kier molecular flexibility index (Phi) is 4.62. The van der Waals surface area contributed by atoms with Gasteiger partial charge in [0.25, 0.3) is 0 Å². The van der Waals surface area contributed by atoms with E-state index in [0.717, 1.165) is 18.1 Å². The van der Waals surface area contributed by atoms with E-state index in [1.54, 1.807) is 12.4 Å². The molecule has 1 aliphatic rings. The molecular formula is C13H19N5O2. The Balaban J connectivity index is 2.06. The molecule has 20 heavy (non-hydrogen) atoms. The number of hydrogen-bond donors (Lipinski definition) is 2. The normalized spacial score (nSPS) is 19.8. The topological polar surface area (TPSA) is 87.2 Å². The number of piperazine rings is 1. The zero-order chi connectivity index (χ0) is 14.5. The number of nitrogens with zero attached hydrogens (tertiary/aromatic N) is 3. The van der Waals surface area contributed by atoms with E-state index in [9.17, 15) is 9.59 Å². The third-order valence-electron chi connectivity index (χ3n) is 3.17. The second-order valence-electron chi connectivity index (χ2n) is 4.66. The first-order valence-electron chi connectivity index (χ1n) is 6.76. The fourth-order valence-electron chi connectivity index (χ4n) is 2.25. The molecular weight excluding hydrogens is 258 g/mol. The lowest BCUT2D eigenvalue weighted by atomic mass is 10.1. The molecule has 7 nitrogen and oxygen atoms in total. The van der Waals surface area contributed by atoms with E-state index >= 15 is 0 Å². The van der Waals surface area contributed by atoms with Crippen molar-refractivity contribution < 1.29 is 9.59 Å². The second kappa shape index (κ2) is 6.42. The second-order valence-corrected chi connectivity index (χ2v) is 4.66. The van der Waals surface area contributed by atoms with Crippen LogP contribution in [0.4, 0.5) is 5.82 Å². The van der Waals surface area contributed by atoms with Crippen LogP contribution < -0.4 is 10.6 Å². The molecule has 1 unspecified atom stereocenters. The van der Waals surface area contributed by atoms with Crippen LogP contribution in [0.15, 0.2) is 12.4 Å². The Morgan fingerprint density at radius 1 is 1.35 bits per heavy atom. The van der Waals surface area contributed by atoms with Crippen LogP contribution in [0.1, 0.15) is 26.0 Å². The molecule has 0 aromatic carbocycles. The molecule has 1 aliphatic heterocycles. The number of anilines is 1. The highest BCUT2D eigenvalue weighted by molar-refractivity contribution is 6.01. The highest BCUT2D eigenvalue weighted by Gasteiger charge is 2.32. The van der Waals surface area contributed by atoms with Crippen LogP contribution in [0, 0.1) is 0 Å². The van der Waals surface area contributed by atoms with Gasteiger partial charge in [-0.15, -0.1) is 0 Å². The third kappa shape index (κ3) is 3.30. The van der Waals surface area contributed by atoms with Crippen molar-refractivity contribution in [3.63, 3.8) is 0 Å². The summed E-state index contributed by atoms with van der Waals surface area (Å²) >= 11 is 0. The van der Waals surface area contributed by atoms with Crippen LogP contribution in [0.25, 0.3) is 0 Å².